The monoisotopic (exact) mass is 502 g/mol. The highest BCUT2D eigenvalue weighted by Crippen LogP contribution is 2.28. The summed E-state index contributed by atoms with van der Waals surface area (Å²) in [5, 5.41) is 2.79. The molecule has 0 spiro atoms. The molecule has 7 nitrogen and oxygen atoms in total. The van der Waals surface area contributed by atoms with Crippen molar-refractivity contribution < 1.29 is 23.9 Å². The fourth-order valence-corrected chi connectivity index (χ4v) is 4.28. The largest absolute Gasteiger partial charge is 0.494 e. The lowest BCUT2D eigenvalue weighted by molar-refractivity contribution is -0.151. The highest BCUT2D eigenvalue weighted by molar-refractivity contribution is 9.10. The fraction of sp³-hybridized carbons (Fsp3) is 0.375. The first-order chi connectivity index (χ1) is 15.3. The van der Waals surface area contributed by atoms with Crippen molar-refractivity contribution in [3.8, 4) is 5.75 Å². The van der Waals surface area contributed by atoms with Gasteiger partial charge in [-0.25, -0.2) is 0 Å². The van der Waals surface area contributed by atoms with E-state index >= 15 is 0 Å². The number of aryl methyl sites for hydroxylation is 2. The highest BCUT2D eigenvalue weighted by atomic mass is 79.9. The number of nitrogens with one attached hydrogen (secondary N) is 1. The number of carbonyl (C=O) groups excluding carboxylic acids is 3. The Morgan fingerprint density at radius 1 is 1.16 bits per heavy atom. The van der Waals surface area contributed by atoms with Crippen molar-refractivity contribution in [3.05, 3.63) is 52.0 Å². The molecule has 0 radical (unpaired) electrons. The minimum absolute atomic E-state index is 0.0550. The number of hydrogen-bond donors (Lipinski definition) is 1. The second-order valence-electron chi connectivity index (χ2n) is 7.82. The third-order valence-electron chi connectivity index (χ3n) is 5.19. The molecule has 1 heterocycles. The molecule has 1 N–H and O–H groups in total. The molecule has 0 saturated carbocycles. The molecular weight excluding hydrogens is 476 g/mol. The van der Waals surface area contributed by atoms with E-state index in [0.717, 1.165) is 27.8 Å². The molecule has 0 unspecified atom stereocenters. The molecule has 0 aliphatic carbocycles. The van der Waals surface area contributed by atoms with Crippen LogP contribution in [0.1, 0.15) is 30.9 Å². The number of anilines is 2. The average molecular weight is 503 g/mol. The van der Waals surface area contributed by atoms with Gasteiger partial charge in [-0.2, -0.15) is 0 Å². The molecule has 2 aromatic carbocycles. The number of halogens is 1. The fourth-order valence-electron chi connectivity index (χ4n) is 3.60. The van der Waals surface area contributed by atoms with Crippen molar-refractivity contribution in [3.63, 3.8) is 0 Å². The average Bonchev–Trinajstić information content (AvgIpc) is 3.15. The van der Waals surface area contributed by atoms with E-state index in [-0.39, 0.29) is 18.9 Å². The number of esters is 1. The van der Waals surface area contributed by atoms with Crippen molar-refractivity contribution in [1.29, 1.82) is 0 Å². The predicted molar refractivity (Wildman–Crippen MR) is 126 cm³/mol. The summed E-state index contributed by atoms with van der Waals surface area (Å²) in [7, 11) is 0. The van der Waals surface area contributed by atoms with Crippen LogP contribution >= 0.6 is 15.9 Å². The summed E-state index contributed by atoms with van der Waals surface area (Å²) < 4.78 is 11.7. The maximum Gasteiger partial charge on any atom is 0.311 e. The van der Waals surface area contributed by atoms with E-state index in [1.165, 1.54) is 0 Å². The van der Waals surface area contributed by atoms with Gasteiger partial charge in [-0.05, 0) is 67.8 Å². The van der Waals surface area contributed by atoms with Crippen LogP contribution in [0.3, 0.4) is 0 Å². The van der Waals surface area contributed by atoms with Gasteiger partial charge in [-0.3, -0.25) is 14.4 Å². The summed E-state index contributed by atoms with van der Waals surface area (Å²) in [5.74, 6) is -0.999. The number of rotatable bonds is 8. The molecule has 0 bridgehead atoms. The molecule has 1 saturated heterocycles. The number of hydrogen-bond acceptors (Lipinski definition) is 5. The van der Waals surface area contributed by atoms with E-state index in [4.69, 9.17) is 9.47 Å². The molecule has 2 amide bonds. The first-order valence-electron chi connectivity index (χ1n) is 10.5. The van der Waals surface area contributed by atoms with Crippen LogP contribution in [0.15, 0.2) is 40.9 Å². The lowest BCUT2D eigenvalue weighted by Crippen LogP contribution is -2.28. The molecule has 170 valence electrons. The lowest BCUT2D eigenvalue weighted by atomic mass is 10.1. The third kappa shape index (κ3) is 5.88. The van der Waals surface area contributed by atoms with Gasteiger partial charge in [-0.15, -0.1) is 0 Å². The topological polar surface area (TPSA) is 84.9 Å². The zero-order valence-corrected chi connectivity index (χ0v) is 20.0. The Morgan fingerprint density at radius 2 is 1.81 bits per heavy atom. The van der Waals surface area contributed by atoms with Crippen LogP contribution in [-0.4, -0.2) is 37.5 Å². The van der Waals surface area contributed by atoms with E-state index in [1.807, 2.05) is 32.9 Å². The van der Waals surface area contributed by atoms with Crippen LogP contribution in [0.25, 0.3) is 0 Å². The number of benzene rings is 2. The van der Waals surface area contributed by atoms with Crippen LogP contribution < -0.4 is 15.0 Å². The molecular formula is C24H27BrN2O5. The van der Waals surface area contributed by atoms with Gasteiger partial charge in [0.15, 0.2) is 6.61 Å². The first kappa shape index (κ1) is 23.8. The normalized spacial score (nSPS) is 15.6. The lowest BCUT2D eigenvalue weighted by Gasteiger charge is -2.17. The van der Waals surface area contributed by atoms with Crippen molar-refractivity contribution in [2.45, 2.75) is 33.6 Å². The summed E-state index contributed by atoms with van der Waals surface area (Å²) >= 11 is 3.42. The molecule has 0 aromatic heterocycles. The van der Waals surface area contributed by atoms with E-state index in [1.54, 1.807) is 29.2 Å². The predicted octanol–water partition coefficient (Wildman–Crippen LogP) is 4.39. The molecule has 8 heteroatoms. The molecule has 1 aliphatic heterocycles. The Morgan fingerprint density at radius 3 is 2.44 bits per heavy atom. The Balaban J connectivity index is 1.53. The Kier molecular flexibility index (Phi) is 7.90. The maximum atomic E-state index is 12.5. The Bertz CT molecular complexity index is 983. The Labute approximate surface area is 196 Å². The second kappa shape index (κ2) is 10.6. The summed E-state index contributed by atoms with van der Waals surface area (Å²) in [5.41, 5.74) is 3.20. The molecule has 1 fully saturated rings. The standard InChI is InChI=1S/C24H27BrN2O5/c1-4-9-31-20-7-5-19(6-8-20)27-13-17(12-22(27)29)24(30)32-14-21(28)26-23-15(2)10-18(25)11-16(23)3/h5-8,10-11,17H,4,9,12-14H2,1-3H3,(H,26,28)/t17-/m1/s1. The number of ether oxygens (including phenoxy) is 2. The SMILES string of the molecule is CCCOc1ccc(N2C[C@H](C(=O)OCC(=O)Nc3c(C)cc(Br)cc3C)CC2=O)cc1. The van der Waals surface area contributed by atoms with Crippen molar-refractivity contribution >= 4 is 45.1 Å². The molecule has 1 atom stereocenters. The van der Waals surface area contributed by atoms with Crippen molar-refractivity contribution in [2.75, 3.05) is 30.0 Å². The minimum Gasteiger partial charge on any atom is -0.494 e. The van der Waals surface area contributed by atoms with E-state index < -0.39 is 24.4 Å². The zero-order valence-electron chi connectivity index (χ0n) is 18.4. The van der Waals surface area contributed by atoms with Gasteiger partial charge >= 0.3 is 5.97 Å². The summed E-state index contributed by atoms with van der Waals surface area (Å²) in [4.78, 5) is 38.7. The number of nitrogens with zero attached hydrogens (tertiary/aromatic N) is 1. The van der Waals surface area contributed by atoms with Gasteiger partial charge in [0.05, 0.1) is 12.5 Å². The quantitative estimate of drug-likeness (QED) is 0.541. The van der Waals surface area contributed by atoms with Crippen molar-refractivity contribution in [1.82, 2.24) is 0 Å². The minimum atomic E-state index is -0.609. The van der Waals surface area contributed by atoms with Crippen LogP contribution in [0.5, 0.6) is 5.75 Å². The van der Waals surface area contributed by atoms with E-state index in [0.29, 0.717) is 18.0 Å². The molecule has 2 aromatic rings. The van der Waals surface area contributed by atoms with Gasteiger partial charge in [0.2, 0.25) is 5.91 Å². The van der Waals surface area contributed by atoms with Crippen LogP contribution in [0.4, 0.5) is 11.4 Å². The van der Waals surface area contributed by atoms with Gasteiger partial charge in [0.1, 0.15) is 5.75 Å². The van der Waals surface area contributed by atoms with Crippen LogP contribution in [0.2, 0.25) is 0 Å². The Hall–Kier alpha value is -2.87. The number of carbonyl (C=O) groups is 3. The van der Waals surface area contributed by atoms with Gasteiger partial charge in [-0.1, -0.05) is 22.9 Å². The van der Waals surface area contributed by atoms with Gasteiger partial charge in [0.25, 0.3) is 5.91 Å². The summed E-state index contributed by atoms with van der Waals surface area (Å²) in [6, 6.07) is 11.0. The summed E-state index contributed by atoms with van der Waals surface area (Å²) in [6.45, 7) is 6.26. The van der Waals surface area contributed by atoms with Crippen molar-refractivity contribution in [2.24, 2.45) is 5.92 Å². The van der Waals surface area contributed by atoms with E-state index in [9.17, 15) is 14.4 Å². The van der Waals surface area contributed by atoms with E-state index in [2.05, 4.69) is 21.2 Å². The zero-order chi connectivity index (χ0) is 23.3. The first-order valence-corrected chi connectivity index (χ1v) is 11.3. The van der Waals surface area contributed by atoms with Gasteiger partial charge < -0.3 is 19.7 Å². The molecule has 1 aliphatic rings. The summed E-state index contributed by atoms with van der Waals surface area (Å²) in [6.07, 6.45) is 0.968. The highest BCUT2D eigenvalue weighted by Gasteiger charge is 2.36. The third-order valence-corrected chi connectivity index (χ3v) is 5.64. The number of amides is 2. The molecule has 32 heavy (non-hydrogen) atoms. The second-order valence-corrected chi connectivity index (χ2v) is 8.73. The molecule has 3 rings (SSSR count). The smallest absolute Gasteiger partial charge is 0.311 e. The van der Waals surface area contributed by atoms with Crippen LogP contribution in [-0.2, 0) is 19.1 Å². The van der Waals surface area contributed by atoms with Gasteiger partial charge in [0, 0.05) is 28.8 Å². The van der Waals surface area contributed by atoms with Crippen LogP contribution in [0, 0.1) is 19.8 Å². The maximum absolute atomic E-state index is 12.5.